The molecule has 1 rings (SSSR count). The Kier molecular flexibility index (Phi) is 3.78. The summed E-state index contributed by atoms with van der Waals surface area (Å²) in [4.78, 5) is 4.23. The number of anilines is 1. The lowest BCUT2D eigenvalue weighted by atomic mass is 10.1. The average Bonchev–Trinajstić information content (AvgIpc) is 2.20. The van der Waals surface area contributed by atoms with Crippen molar-refractivity contribution in [1.82, 2.24) is 4.98 Å². The summed E-state index contributed by atoms with van der Waals surface area (Å²) < 4.78 is 5.64. The van der Waals surface area contributed by atoms with Gasteiger partial charge >= 0.3 is 0 Å². The van der Waals surface area contributed by atoms with Crippen molar-refractivity contribution in [3.8, 4) is 18.1 Å². The van der Waals surface area contributed by atoms with Crippen molar-refractivity contribution in [2.75, 3.05) is 5.32 Å². The predicted octanol–water partition coefficient (Wildman–Crippen LogP) is 2.69. The molecule has 0 radical (unpaired) electrons. The van der Waals surface area contributed by atoms with E-state index < -0.39 is 5.54 Å². The second kappa shape index (κ2) is 4.89. The van der Waals surface area contributed by atoms with Crippen molar-refractivity contribution in [3.05, 3.63) is 18.3 Å². The van der Waals surface area contributed by atoms with E-state index in [1.54, 1.807) is 6.20 Å². The van der Waals surface area contributed by atoms with Gasteiger partial charge in [0.1, 0.15) is 0 Å². The number of nitrogens with zero attached hydrogens (tertiary/aromatic N) is 1. The van der Waals surface area contributed by atoms with Crippen molar-refractivity contribution in [2.24, 2.45) is 0 Å². The molecule has 0 aromatic carbocycles. The molecule has 0 aliphatic rings. The summed E-state index contributed by atoms with van der Waals surface area (Å²) >= 11 is 0. The van der Waals surface area contributed by atoms with Gasteiger partial charge in [0, 0.05) is 6.20 Å². The van der Waals surface area contributed by atoms with Gasteiger partial charge in [0.25, 0.3) is 0 Å². The van der Waals surface area contributed by atoms with Crippen LogP contribution in [0.2, 0.25) is 0 Å². The molecule has 0 bridgehead atoms. The highest BCUT2D eigenvalue weighted by molar-refractivity contribution is 5.52. The molecule has 0 saturated carbocycles. The van der Waals surface area contributed by atoms with Gasteiger partial charge in [-0.05, 0) is 39.8 Å². The SMILES string of the molecule is C#CC(C)(C)Nc1ncccc1OC(C)C. The minimum atomic E-state index is -0.441. The van der Waals surface area contributed by atoms with Crippen molar-refractivity contribution < 1.29 is 4.74 Å². The molecule has 1 heterocycles. The first-order valence-corrected chi connectivity index (χ1v) is 5.32. The Morgan fingerprint density at radius 3 is 2.75 bits per heavy atom. The van der Waals surface area contributed by atoms with Crippen LogP contribution in [-0.2, 0) is 0 Å². The maximum Gasteiger partial charge on any atom is 0.169 e. The van der Waals surface area contributed by atoms with Crippen LogP contribution in [0.15, 0.2) is 18.3 Å². The molecule has 1 N–H and O–H groups in total. The molecule has 1 aromatic rings. The second-order valence-corrected chi connectivity index (χ2v) is 4.41. The number of hydrogen-bond acceptors (Lipinski definition) is 3. The van der Waals surface area contributed by atoms with Gasteiger partial charge in [0.2, 0.25) is 0 Å². The number of nitrogens with one attached hydrogen (secondary N) is 1. The fraction of sp³-hybridized carbons (Fsp3) is 0.462. The van der Waals surface area contributed by atoms with E-state index in [4.69, 9.17) is 11.2 Å². The van der Waals surface area contributed by atoms with E-state index in [-0.39, 0.29) is 6.10 Å². The standard InChI is InChI=1S/C13H18N2O/c1-6-13(4,5)15-12-11(16-10(2)3)8-7-9-14-12/h1,7-10H,2-5H3,(H,14,15). The molecule has 86 valence electrons. The van der Waals surface area contributed by atoms with Crippen molar-refractivity contribution >= 4 is 5.82 Å². The molecule has 0 unspecified atom stereocenters. The van der Waals surface area contributed by atoms with Gasteiger partial charge in [-0.1, -0.05) is 5.92 Å². The summed E-state index contributed by atoms with van der Waals surface area (Å²) in [6.07, 6.45) is 7.24. The van der Waals surface area contributed by atoms with Crippen LogP contribution in [0.25, 0.3) is 0 Å². The van der Waals surface area contributed by atoms with Gasteiger partial charge in [-0.3, -0.25) is 0 Å². The average molecular weight is 218 g/mol. The smallest absolute Gasteiger partial charge is 0.169 e. The summed E-state index contributed by atoms with van der Waals surface area (Å²) in [6.45, 7) is 7.79. The van der Waals surface area contributed by atoms with Gasteiger partial charge in [-0.2, -0.15) is 0 Å². The Morgan fingerprint density at radius 2 is 2.19 bits per heavy atom. The van der Waals surface area contributed by atoms with E-state index in [0.717, 1.165) is 5.75 Å². The Bertz CT molecular complexity index is 391. The van der Waals surface area contributed by atoms with Gasteiger partial charge in [0.05, 0.1) is 11.6 Å². The van der Waals surface area contributed by atoms with Crippen molar-refractivity contribution in [2.45, 2.75) is 39.3 Å². The zero-order chi connectivity index (χ0) is 12.2. The third-order valence-corrected chi connectivity index (χ3v) is 1.93. The number of rotatable bonds is 4. The lowest BCUT2D eigenvalue weighted by Gasteiger charge is -2.22. The lowest BCUT2D eigenvalue weighted by Crippen LogP contribution is -2.29. The molecule has 0 saturated heterocycles. The van der Waals surface area contributed by atoms with Gasteiger partial charge in [0.15, 0.2) is 11.6 Å². The first-order valence-electron chi connectivity index (χ1n) is 5.32. The van der Waals surface area contributed by atoms with Gasteiger partial charge in [-0.25, -0.2) is 4.98 Å². The number of aromatic nitrogens is 1. The molecule has 16 heavy (non-hydrogen) atoms. The first-order chi connectivity index (χ1) is 7.44. The first kappa shape index (κ1) is 12.4. The largest absolute Gasteiger partial charge is 0.487 e. The molecule has 3 heteroatoms. The molecule has 0 aliphatic carbocycles. The maximum atomic E-state index is 5.64. The Hall–Kier alpha value is -1.69. The number of hydrogen-bond donors (Lipinski definition) is 1. The molecule has 3 nitrogen and oxygen atoms in total. The normalized spacial score (nSPS) is 11.0. The van der Waals surface area contributed by atoms with Crippen LogP contribution in [0.4, 0.5) is 5.82 Å². The number of pyridine rings is 1. The third-order valence-electron chi connectivity index (χ3n) is 1.93. The maximum absolute atomic E-state index is 5.64. The van der Waals surface area contributed by atoms with Gasteiger partial charge in [-0.15, -0.1) is 6.42 Å². The summed E-state index contributed by atoms with van der Waals surface area (Å²) in [5.41, 5.74) is -0.441. The molecule has 0 aliphatic heterocycles. The van der Waals surface area contributed by atoms with Crippen LogP contribution in [-0.4, -0.2) is 16.6 Å². The fourth-order valence-electron chi connectivity index (χ4n) is 1.17. The van der Waals surface area contributed by atoms with Crippen LogP contribution in [0, 0.1) is 12.3 Å². The summed E-state index contributed by atoms with van der Waals surface area (Å²) in [7, 11) is 0. The second-order valence-electron chi connectivity index (χ2n) is 4.41. The molecule has 0 spiro atoms. The van der Waals surface area contributed by atoms with Gasteiger partial charge < -0.3 is 10.1 Å². The molecule has 0 fully saturated rings. The Morgan fingerprint density at radius 1 is 1.50 bits per heavy atom. The van der Waals surface area contributed by atoms with E-state index >= 15 is 0 Å². The van der Waals surface area contributed by atoms with E-state index in [1.165, 1.54) is 0 Å². The van der Waals surface area contributed by atoms with E-state index in [1.807, 2.05) is 39.8 Å². The quantitative estimate of drug-likeness (QED) is 0.789. The lowest BCUT2D eigenvalue weighted by molar-refractivity contribution is 0.242. The van der Waals surface area contributed by atoms with Crippen LogP contribution in [0.1, 0.15) is 27.7 Å². The molecular weight excluding hydrogens is 200 g/mol. The number of terminal acetylenes is 1. The van der Waals surface area contributed by atoms with Crippen molar-refractivity contribution in [1.29, 1.82) is 0 Å². The number of ether oxygens (including phenoxy) is 1. The fourth-order valence-corrected chi connectivity index (χ4v) is 1.17. The van der Waals surface area contributed by atoms with Crippen LogP contribution in [0.5, 0.6) is 5.75 Å². The minimum Gasteiger partial charge on any atom is -0.487 e. The van der Waals surface area contributed by atoms with E-state index in [2.05, 4.69) is 16.2 Å². The van der Waals surface area contributed by atoms with Crippen LogP contribution in [0.3, 0.4) is 0 Å². The topological polar surface area (TPSA) is 34.2 Å². The molecule has 0 atom stereocenters. The third kappa shape index (κ3) is 3.47. The minimum absolute atomic E-state index is 0.110. The Labute approximate surface area is 97.2 Å². The van der Waals surface area contributed by atoms with E-state index in [0.29, 0.717) is 5.82 Å². The molecular formula is C13H18N2O. The summed E-state index contributed by atoms with van der Waals surface area (Å²) in [6, 6.07) is 3.72. The highest BCUT2D eigenvalue weighted by atomic mass is 16.5. The highest BCUT2D eigenvalue weighted by Crippen LogP contribution is 2.24. The molecule has 0 amide bonds. The van der Waals surface area contributed by atoms with Crippen LogP contribution < -0.4 is 10.1 Å². The Balaban J connectivity index is 2.92. The van der Waals surface area contributed by atoms with Crippen molar-refractivity contribution in [3.63, 3.8) is 0 Å². The van der Waals surface area contributed by atoms with E-state index in [9.17, 15) is 0 Å². The highest BCUT2D eigenvalue weighted by Gasteiger charge is 2.16. The van der Waals surface area contributed by atoms with Crippen LogP contribution >= 0.6 is 0 Å². The zero-order valence-electron chi connectivity index (χ0n) is 10.2. The predicted molar refractivity (Wildman–Crippen MR) is 66.5 cm³/mol. The zero-order valence-corrected chi connectivity index (χ0v) is 10.2. The summed E-state index contributed by atoms with van der Waals surface area (Å²) in [5.74, 6) is 4.07. The molecule has 1 aromatic heterocycles. The summed E-state index contributed by atoms with van der Waals surface area (Å²) in [5, 5.41) is 3.17. The monoisotopic (exact) mass is 218 g/mol.